The van der Waals surface area contributed by atoms with Crippen LogP contribution >= 0.6 is 0 Å². The Labute approximate surface area is 339 Å². The van der Waals surface area contributed by atoms with Crippen molar-refractivity contribution in [2.24, 2.45) is 0 Å². The fourth-order valence-corrected chi connectivity index (χ4v) is 8.59. The van der Waals surface area contributed by atoms with Crippen molar-refractivity contribution in [1.82, 2.24) is 9.80 Å². The normalized spacial score (nSPS) is 12.5. The van der Waals surface area contributed by atoms with Gasteiger partial charge in [0.1, 0.15) is 0 Å². The van der Waals surface area contributed by atoms with Crippen LogP contribution in [0.3, 0.4) is 0 Å². The highest BCUT2D eigenvalue weighted by molar-refractivity contribution is 4.73. The highest BCUT2D eigenvalue weighted by Crippen LogP contribution is 2.17. The molecule has 0 N–H and O–H groups in total. The van der Waals surface area contributed by atoms with Gasteiger partial charge in [0.05, 0.1) is 0 Å². The maximum Gasteiger partial charge on any atom is 0.0194 e. The Morgan fingerprint density at radius 3 is 0.660 bits per heavy atom. The molecule has 0 aromatic heterocycles. The topological polar surface area (TPSA) is 6.48 Å². The van der Waals surface area contributed by atoms with Gasteiger partial charge in [-0.25, -0.2) is 0 Å². The lowest BCUT2D eigenvalue weighted by atomic mass is 10.0. The summed E-state index contributed by atoms with van der Waals surface area (Å²) in [5.74, 6) is 0. The van der Waals surface area contributed by atoms with Crippen molar-refractivity contribution in [3.63, 3.8) is 0 Å². The van der Waals surface area contributed by atoms with E-state index in [2.05, 4.69) is 44.4 Å². The van der Waals surface area contributed by atoms with E-state index in [0.717, 1.165) is 0 Å². The van der Waals surface area contributed by atoms with Crippen LogP contribution in [-0.4, -0.2) is 48.6 Å². The molecule has 0 saturated carbocycles. The first-order valence-electron chi connectivity index (χ1n) is 25.7. The molecule has 0 heterocycles. The fourth-order valence-electron chi connectivity index (χ4n) is 8.59. The van der Waals surface area contributed by atoms with E-state index in [1.807, 2.05) is 0 Å². The molecular weight excluding hydrogens is 641 g/mol. The molecule has 0 spiro atoms. The zero-order valence-electron chi connectivity index (χ0n) is 38.3. The first-order chi connectivity index (χ1) is 26.2. The molecule has 0 aromatic carbocycles. The number of hydrogen-bond acceptors (Lipinski definition) is 2. The van der Waals surface area contributed by atoms with E-state index < -0.39 is 0 Å². The first-order valence-corrected chi connectivity index (χ1v) is 25.7. The second-order valence-electron chi connectivity index (χ2n) is 17.9. The third kappa shape index (κ3) is 41.4. The van der Waals surface area contributed by atoms with Gasteiger partial charge in [-0.05, 0) is 58.8 Å². The smallest absolute Gasteiger partial charge is 0.0194 e. The standard InChI is InChI=1S/C51H106N2/c1-6-10-14-18-22-26-30-34-38-42-46-52(47-43-39-35-31-27-23-19-15-11-7-2)50-51(5)53(48-44-40-36-32-28-24-20-16-12-8-3)49-45-41-37-33-29-25-21-17-13-9-4/h51H,6-50H2,1-5H3. The second-order valence-corrected chi connectivity index (χ2v) is 17.9. The van der Waals surface area contributed by atoms with Crippen LogP contribution in [0.25, 0.3) is 0 Å². The summed E-state index contributed by atoms with van der Waals surface area (Å²) in [6.07, 6.45) is 57.7. The van der Waals surface area contributed by atoms with Gasteiger partial charge < -0.3 is 4.90 Å². The van der Waals surface area contributed by atoms with Crippen molar-refractivity contribution in [3.05, 3.63) is 0 Å². The van der Waals surface area contributed by atoms with Crippen LogP contribution in [0.2, 0.25) is 0 Å². The second kappa shape index (κ2) is 46.3. The quantitative estimate of drug-likeness (QED) is 0.0572. The zero-order valence-corrected chi connectivity index (χ0v) is 38.3. The third-order valence-electron chi connectivity index (χ3n) is 12.4. The van der Waals surface area contributed by atoms with Gasteiger partial charge in [0.15, 0.2) is 0 Å². The molecule has 0 aromatic rings. The molecule has 0 radical (unpaired) electrons. The van der Waals surface area contributed by atoms with Crippen molar-refractivity contribution in [2.75, 3.05) is 32.7 Å². The predicted octanol–water partition coefficient (Wildman–Crippen LogP) is 17.7. The van der Waals surface area contributed by atoms with Crippen LogP contribution < -0.4 is 0 Å². The summed E-state index contributed by atoms with van der Waals surface area (Å²) in [5.41, 5.74) is 0. The maximum atomic E-state index is 2.94. The first kappa shape index (κ1) is 52.9. The molecule has 1 unspecified atom stereocenters. The number of hydrogen-bond donors (Lipinski definition) is 0. The Morgan fingerprint density at radius 1 is 0.245 bits per heavy atom. The Kier molecular flexibility index (Phi) is 46.2. The molecule has 1 atom stereocenters. The minimum Gasteiger partial charge on any atom is -0.302 e. The molecule has 2 heteroatoms. The van der Waals surface area contributed by atoms with Gasteiger partial charge in [0.2, 0.25) is 0 Å². The minimum atomic E-state index is 0.693. The average Bonchev–Trinajstić information content (AvgIpc) is 3.16. The summed E-state index contributed by atoms with van der Waals surface area (Å²) >= 11 is 0. The monoisotopic (exact) mass is 747 g/mol. The highest BCUT2D eigenvalue weighted by Gasteiger charge is 2.17. The van der Waals surface area contributed by atoms with Gasteiger partial charge in [0.25, 0.3) is 0 Å². The minimum absolute atomic E-state index is 0.693. The van der Waals surface area contributed by atoms with Crippen molar-refractivity contribution in [2.45, 2.75) is 297 Å². The Balaban J connectivity index is 4.85. The molecule has 2 nitrogen and oxygen atoms in total. The van der Waals surface area contributed by atoms with Crippen LogP contribution in [0, 0.1) is 0 Å². The largest absolute Gasteiger partial charge is 0.302 e. The van der Waals surface area contributed by atoms with Crippen molar-refractivity contribution in [1.29, 1.82) is 0 Å². The van der Waals surface area contributed by atoms with E-state index in [1.165, 1.54) is 290 Å². The van der Waals surface area contributed by atoms with E-state index in [1.54, 1.807) is 0 Å². The van der Waals surface area contributed by atoms with E-state index in [0.29, 0.717) is 6.04 Å². The predicted molar refractivity (Wildman–Crippen MR) is 245 cm³/mol. The van der Waals surface area contributed by atoms with E-state index in [4.69, 9.17) is 0 Å². The molecule has 320 valence electrons. The summed E-state index contributed by atoms with van der Waals surface area (Å²) in [4.78, 5) is 5.86. The average molecular weight is 747 g/mol. The van der Waals surface area contributed by atoms with Crippen LogP contribution in [0.15, 0.2) is 0 Å². The SMILES string of the molecule is CCCCCCCCCCCCN(CCCCCCCCCCCC)CC(C)N(CCCCCCCCCCCC)CCCCCCCCCCCC. The van der Waals surface area contributed by atoms with E-state index in [9.17, 15) is 0 Å². The number of rotatable bonds is 47. The Hall–Kier alpha value is -0.0800. The number of nitrogens with zero attached hydrogens (tertiary/aromatic N) is 2. The molecule has 53 heavy (non-hydrogen) atoms. The summed E-state index contributed by atoms with van der Waals surface area (Å²) in [7, 11) is 0. The highest BCUT2D eigenvalue weighted by atomic mass is 15.2. The molecule has 0 aliphatic heterocycles. The van der Waals surface area contributed by atoms with Gasteiger partial charge in [-0.2, -0.15) is 0 Å². The molecule has 0 aliphatic rings. The Morgan fingerprint density at radius 2 is 0.434 bits per heavy atom. The molecule has 0 aliphatic carbocycles. The van der Waals surface area contributed by atoms with E-state index in [-0.39, 0.29) is 0 Å². The van der Waals surface area contributed by atoms with Gasteiger partial charge in [-0.15, -0.1) is 0 Å². The van der Waals surface area contributed by atoms with Crippen LogP contribution in [0.4, 0.5) is 0 Å². The Bertz CT molecular complexity index is 586. The molecule has 0 rings (SSSR count). The number of unbranched alkanes of at least 4 members (excludes halogenated alkanes) is 36. The summed E-state index contributed by atoms with van der Waals surface area (Å²) in [6, 6.07) is 0.693. The summed E-state index contributed by atoms with van der Waals surface area (Å²) in [6.45, 7) is 18.5. The van der Waals surface area contributed by atoms with Gasteiger partial charge in [-0.3, -0.25) is 4.90 Å². The van der Waals surface area contributed by atoms with Crippen molar-refractivity contribution >= 4 is 0 Å². The third-order valence-corrected chi connectivity index (χ3v) is 12.4. The molecule has 0 fully saturated rings. The molecule has 0 saturated heterocycles. The molecule has 0 amide bonds. The lowest BCUT2D eigenvalue weighted by Gasteiger charge is -2.34. The van der Waals surface area contributed by atoms with Crippen LogP contribution in [0.5, 0.6) is 0 Å². The maximum absolute atomic E-state index is 2.94. The van der Waals surface area contributed by atoms with Crippen LogP contribution in [0.1, 0.15) is 291 Å². The lowest BCUT2D eigenvalue weighted by molar-refractivity contribution is 0.140. The molecular formula is C51H106N2. The van der Waals surface area contributed by atoms with Gasteiger partial charge in [-0.1, -0.05) is 259 Å². The van der Waals surface area contributed by atoms with Crippen molar-refractivity contribution in [3.8, 4) is 0 Å². The van der Waals surface area contributed by atoms with E-state index >= 15 is 0 Å². The summed E-state index contributed by atoms with van der Waals surface area (Å²) < 4.78 is 0. The lowest BCUT2D eigenvalue weighted by Crippen LogP contribution is -2.44. The van der Waals surface area contributed by atoms with Gasteiger partial charge in [0, 0.05) is 12.6 Å². The zero-order chi connectivity index (χ0) is 38.6. The molecule has 0 bridgehead atoms. The fraction of sp³-hybridized carbons (Fsp3) is 1.00. The van der Waals surface area contributed by atoms with Crippen molar-refractivity contribution < 1.29 is 0 Å². The van der Waals surface area contributed by atoms with Gasteiger partial charge >= 0.3 is 0 Å². The summed E-state index contributed by atoms with van der Waals surface area (Å²) in [5, 5.41) is 0. The van der Waals surface area contributed by atoms with Crippen LogP contribution in [-0.2, 0) is 0 Å².